The molecular weight excluding hydrogens is 284 g/mol. The molecule has 20 heavy (non-hydrogen) atoms. The molecule has 0 aliphatic rings. The molecule has 0 fully saturated rings. The van der Waals surface area contributed by atoms with Gasteiger partial charge in [0.05, 0.1) is 12.2 Å². The third-order valence-corrected chi connectivity index (χ3v) is 4.07. The lowest BCUT2D eigenvalue weighted by Crippen LogP contribution is -2.34. The van der Waals surface area contributed by atoms with Gasteiger partial charge in [0, 0.05) is 11.9 Å². The summed E-state index contributed by atoms with van der Waals surface area (Å²) in [5.74, 6) is 0. The summed E-state index contributed by atoms with van der Waals surface area (Å²) >= 11 is 0. The van der Waals surface area contributed by atoms with Crippen LogP contribution >= 0.6 is 0 Å². The van der Waals surface area contributed by atoms with E-state index in [4.69, 9.17) is 0 Å². The summed E-state index contributed by atoms with van der Waals surface area (Å²) < 4.78 is 26.4. The van der Waals surface area contributed by atoms with E-state index in [2.05, 4.69) is 14.7 Å². The third kappa shape index (κ3) is 3.00. The van der Waals surface area contributed by atoms with Gasteiger partial charge in [0.1, 0.15) is 0 Å². The van der Waals surface area contributed by atoms with Crippen LogP contribution in [0.15, 0.2) is 38.9 Å². The minimum atomic E-state index is -4.04. The highest BCUT2D eigenvalue weighted by Crippen LogP contribution is 2.05. The molecule has 0 saturated carbocycles. The van der Waals surface area contributed by atoms with Crippen molar-refractivity contribution in [3.05, 3.63) is 56.6 Å². The van der Waals surface area contributed by atoms with Crippen LogP contribution in [0.25, 0.3) is 0 Å². The fraction of sp³-hybridized carbons (Fsp3) is 0.182. The van der Waals surface area contributed by atoms with Gasteiger partial charge in [-0.2, -0.15) is 0 Å². The zero-order valence-electron chi connectivity index (χ0n) is 10.5. The van der Waals surface area contributed by atoms with Crippen molar-refractivity contribution in [2.24, 2.45) is 0 Å². The zero-order valence-corrected chi connectivity index (χ0v) is 11.3. The topological polar surface area (TPSA) is 125 Å². The second kappa shape index (κ2) is 5.39. The molecule has 2 heterocycles. The van der Waals surface area contributed by atoms with E-state index >= 15 is 0 Å². The lowest BCUT2D eigenvalue weighted by atomic mass is 10.4. The smallest absolute Gasteiger partial charge is 0.310 e. The summed E-state index contributed by atoms with van der Waals surface area (Å²) in [6, 6.07) is 5.07. The standard InChI is InChI=1S/C11H12N4O4S/c1-7-9(10(16)15-11(17)14-7)20(18,19)13-6-8-4-2-3-5-12-8/h2-5,13H,6H2,1H3,(H2,14,15,16,17). The van der Waals surface area contributed by atoms with Crippen LogP contribution in [0, 0.1) is 6.92 Å². The number of aryl methyl sites for hydroxylation is 1. The van der Waals surface area contributed by atoms with E-state index in [1.807, 2.05) is 4.98 Å². The molecule has 2 aromatic rings. The average molecular weight is 296 g/mol. The molecule has 2 rings (SSSR count). The molecule has 0 spiro atoms. The van der Waals surface area contributed by atoms with E-state index in [1.54, 1.807) is 18.2 Å². The maximum Gasteiger partial charge on any atom is 0.325 e. The summed E-state index contributed by atoms with van der Waals surface area (Å²) in [6.07, 6.45) is 1.53. The number of hydrogen-bond donors (Lipinski definition) is 3. The molecular formula is C11H12N4O4S. The van der Waals surface area contributed by atoms with Crippen LogP contribution in [-0.2, 0) is 16.6 Å². The van der Waals surface area contributed by atoms with Crippen LogP contribution in [0.1, 0.15) is 11.4 Å². The first kappa shape index (κ1) is 14.2. The molecule has 0 aliphatic heterocycles. The number of aromatic amines is 2. The van der Waals surface area contributed by atoms with Crippen LogP contribution in [0.5, 0.6) is 0 Å². The molecule has 2 aromatic heterocycles. The van der Waals surface area contributed by atoms with Crippen molar-refractivity contribution < 1.29 is 8.42 Å². The van der Waals surface area contributed by atoms with Gasteiger partial charge >= 0.3 is 5.69 Å². The Morgan fingerprint density at radius 1 is 1.25 bits per heavy atom. The highest BCUT2D eigenvalue weighted by molar-refractivity contribution is 7.89. The molecule has 0 atom stereocenters. The fourth-order valence-electron chi connectivity index (χ4n) is 1.66. The number of hydrogen-bond acceptors (Lipinski definition) is 5. The molecule has 0 amide bonds. The number of aromatic nitrogens is 3. The largest absolute Gasteiger partial charge is 0.325 e. The Morgan fingerprint density at radius 2 is 2.00 bits per heavy atom. The predicted molar refractivity (Wildman–Crippen MR) is 70.7 cm³/mol. The van der Waals surface area contributed by atoms with Gasteiger partial charge in [-0.15, -0.1) is 0 Å². The number of sulfonamides is 1. The van der Waals surface area contributed by atoms with Gasteiger partial charge in [-0.25, -0.2) is 17.9 Å². The number of H-pyrrole nitrogens is 2. The van der Waals surface area contributed by atoms with Crippen LogP contribution < -0.4 is 16.0 Å². The molecule has 0 aromatic carbocycles. The van der Waals surface area contributed by atoms with Crippen LogP contribution in [-0.4, -0.2) is 23.4 Å². The molecule has 9 heteroatoms. The lowest BCUT2D eigenvalue weighted by molar-refractivity contribution is 0.577. The zero-order chi connectivity index (χ0) is 14.8. The predicted octanol–water partition coefficient (Wildman–Crippen LogP) is -0.755. The van der Waals surface area contributed by atoms with Crippen molar-refractivity contribution in [2.45, 2.75) is 18.4 Å². The number of rotatable bonds is 4. The van der Waals surface area contributed by atoms with Crippen LogP contribution in [0.2, 0.25) is 0 Å². The van der Waals surface area contributed by atoms with Crippen molar-refractivity contribution in [1.29, 1.82) is 0 Å². The number of nitrogens with zero attached hydrogens (tertiary/aromatic N) is 1. The molecule has 106 valence electrons. The van der Waals surface area contributed by atoms with Gasteiger partial charge in [-0.3, -0.25) is 14.8 Å². The second-order valence-corrected chi connectivity index (χ2v) is 5.71. The summed E-state index contributed by atoms with van der Waals surface area (Å²) in [5, 5.41) is 0. The van der Waals surface area contributed by atoms with Gasteiger partial charge in [0.15, 0.2) is 4.90 Å². The summed E-state index contributed by atoms with van der Waals surface area (Å²) in [5.41, 5.74) is -1.22. The molecule has 0 bridgehead atoms. The Balaban J connectivity index is 2.32. The second-order valence-electron chi connectivity index (χ2n) is 4.01. The third-order valence-electron chi connectivity index (χ3n) is 2.51. The Kier molecular flexibility index (Phi) is 3.81. The Hall–Kier alpha value is -2.26. The van der Waals surface area contributed by atoms with Gasteiger partial charge in [0.2, 0.25) is 10.0 Å². The van der Waals surface area contributed by atoms with Crippen LogP contribution in [0.3, 0.4) is 0 Å². The minimum absolute atomic E-state index is 0.0210. The summed E-state index contributed by atoms with van der Waals surface area (Å²) in [7, 11) is -4.04. The highest BCUT2D eigenvalue weighted by atomic mass is 32.2. The maximum absolute atomic E-state index is 12.1. The molecule has 0 unspecified atom stereocenters. The first-order valence-electron chi connectivity index (χ1n) is 5.63. The van der Waals surface area contributed by atoms with E-state index in [-0.39, 0.29) is 12.2 Å². The van der Waals surface area contributed by atoms with Crippen molar-refractivity contribution in [3.63, 3.8) is 0 Å². The maximum atomic E-state index is 12.1. The Labute approximate surface area is 114 Å². The van der Waals surface area contributed by atoms with Crippen molar-refractivity contribution in [3.8, 4) is 0 Å². The molecule has 0 saturated heterocycles. The summed E-state index contributed by atoms with van der Waals surface area (Å²) in [4.78, 5) is 30.2. The van der Waals surface area contributed by atoms with E-state index in [0.717, 1.165) is 0 Å². The number of nitrogens with one attached hydrogen (secondary N) is 3. The average Bonchev–Trinajstić information content (AvgIpc) is 2.36. The summed E-state index contributed by atoms with van der Waals surface area (Å²) in [6.45, 7) is 1.28. The Bertz CT molecular complexity index is 823. The van der Waals surface area contributed by atoms with Gasteiger partial charge in [-0.1, -0.05) is 6.07 Å². The fourth-order valence-corrected chi connectivity index (χ4v) is 2.89. The van der Waals surface area contributed by atoms with Crippen LogP contribution in [0.4, 0.5) is 0 Å². The van der Waals surface area contributed by atoms with Gasteiger partial charge in [0.25, 0.3) is 5.56 Å². The normalized spacial score (nSPS) is 11.4. The monoisotopic (exact) mass is 296 g/mol. The van der Waals surface area contributed by atoms with Crippen molar-refractivity contribution in [2.75, 3.05) is 0 Å². The molecule has 8 nitrogen and oxygen atoms in total. The lowest BCUT2D eigenvalue weighted by Gasteiger charge is -2.07. The van der Waals surface area contributed by atoms with Crippen molar-refractivity contribution in [1.82, 2.24) is 19.7 Å². The molecule has 0 aliphatic carbocycles. The molecule has 0 radical (unpaired) electrons. The molecule has 3 N–H and O–H groups in total. The first-order chi connectivity index (χ1) is 9.40. The number of pyridine rings is 1. The minimum Gasteiger partial charge on any atom is -0.310 e. The quantitative estimate of drug-likeness (QED) is 0.684. The van der Waals surface area contributed by atoms with E-state index < -0.39 is 26.2 Å². The van der Waals surface area contributed by atoms with Gasteiger partial charge in [-0.05, 0) is 19.1 Å². The first-order valence-corrected chi connectivity index (χ1v) is 7.11. The van der Waals surface area contributed by atoms with Crippen molar-refractivity contribution >= 4 is 10.0 Å². The van der Waals surface area contributed by atoms with E-state index in [0.29, 0.717) is 5.69 Å². The Morgan fingerprint density at radius 3 is 2.60 bits per heavy atom. The highest BCUT2D eigenvalue weighted by Gasteiger charge is 2.21. The van der Waals surface area contributed by atoms with E-state index in [1.165, 1.54) is 13.1 Å². The van der Waals surface area contributed by atoms with Gasteiger partial charge < -0.3 is 4.98 Å². The SMILES string of the molecule is Cc1[nH]c(=O)[nH]c(=O)c1S(=O)(=O)NCc1ccccn1. The van der Waals surface area contributed by atoms with E-state index in [9.17, 15) is 18.0 Å².